The van der Waals surface area contributed by atoms with Gasteiger partial charge >= 0.3 is 24.3 Å². The lowest BCUT2D eigenvalue weighted by atomic mass is 9.83. The Hall–Kier alpha value is -5.16. The summed E-state index contributed by atoms with van der Waals surface area (Å²) in [6.45, 7) is 4.20. The smallest absolute Gasteiger partial charge is 0.475 e. The number of piperidine rings is 1. The van der Waals surface area contributed by atoms with Crippen LogP contribution in [0.15, 0.2) is 104 Å². The van der Waals surface area contributed by atoms with E-state index in [4.69, 9.17) is 25.1 Å². The third-order valence-corrected chi connectivity index (χ3v) is 7.66. The lowest BCUT2D eigenvalue weighted by Crippen LogP contribution is -2.44. The van der Waals surface area contributed by atoms with E-state index in [0.29, 0.717) is 17.8 Å². The fraction of sp³-hybridized carbons (Fsp3) is 0.314. The third-order valence-electron chi connectivity index (χ3n) is 7.66. The molecule has 1 aliphatic rings. The van der Waals surface area contributed by atoms with Crippen LogP contribution in [-0.2, 0) is 22.6 Å². The molecule has 14 heteroatoms. The summed E-state index contributed by atoms with van der Waals surface area (Å²) in [5, 5.41) is 23.4. The van der Waals surface area contributed by atoms with Gasteiger partial charge in [-0.2, -0.15) is 31.6 Å². The van der Waals surface area contributed by atoms with Gasteiger partial charge in [-0.3, -0.25) is 0 Å². The summed E-state index contributed by atoms with van der Waals surface area (Å²) in [4.78, 5) is 24.7. The summed E-state index contributed by atoms with van der Waals surface area (Å²) in [7, 11) is 0. The molecule has 5 rings (SSSR count). The van der Waals surface area contributed by atoms with E-state index in [1.54, 1.807) is 0 Å². The van der Waals surface area contributed by atoms with E-state index in [9.17, 15) is 26.3 Å². The van der Waals surface area contributed by atoms with E-state index in [0.717, 1.165) is 38.2 Å². The highest BCUT2D eigenvalue weighted by Gasteiger charge is 2.39. The van der Waals surface area contributed by atoms with Gasteiger partial charge in [0, 0.05) is 44.5 Å². The van der Waals surface area contributed by atoms with E-state index >= 15 is 0 Å². The van der Waals surface area contributed by atoms with Gasteiger partial charge < -0.3 is 19.7 Å². The maximum atomic E-state index is 10.6. The second-order valence-corrected chi connectivity index (χ2v) is 11.4. The summed E-state index contributed by atoms with van der Waals surface area (Å²) in [6, 6.07) is 32.2. The molecular weight excluding hydrogens is 654 g/mol. The van der Waals surface area contributed by atoms with E-state index < -0.39 is 24.3 Å². The summed E-state index contributed by atoms with van der Waals surface area (Å²) in [5.74, 6) is -4.01. The van der Waals surface area contributed by atoms with Gasteiger partial charge in [-0.1, -0.05) is 72.8 Å². The van der Waals surface area contributed by atoms with Crippen LogP contribution in [0.1, 0.15) is 34.6 Å². The second-order valence-electron chi connectivity index (χ2n) is 11.4. The Balaban J connectivity index is 0.000000392. The van der Waals surface area contributed by atoms with Crippen LogP contribution in [-0.4, -0.2) is 68.6 Å². The maximum absolute atomic E-state index is 10.6. The predicted molar refractivity (Wildman–Crippen MR) is 167 cm³/mol. The van der Waals surface area contributed by atoms with Gasteiger partial charge in [0.2, 0.25) is 0 Å². The van der Waals surface area contributed by atoms with Crippen molar-refractivity contribution < 1.29 is 46.1 Å². The first-order valence-corrected chi connectivity index (χ1v) is 15.0. The van der Waals surface area contributed by atoms with Crippen molar-refractivity contribution in [1.82, 2.24) is 14.5 Å². The van der Waals surface area contributed by atoms with E-state index in [2.05, 4.69) is 99.5 Å². The highest BCUT2D eigenvalue weighted by atomic mass is 19.4. The van der Waals surface area contributed by atoms with Gasteiger partial charge in [0.05, 0.1) is 18.0 Å². The predicted octanol–water partition coefficient (Wildman–Crippen LogP) is 7.03. The second kappa shape index (κ2) is 17.8. The fourth-order valence-electron chi connectivity index (χ4n) is 5.63. The molecule has 0 amide bonds. The molecule has 4 aromatic rings. The number of aliphatic carboxylic acids is 2. The number of alkyl halides is 6. The van der Waals surface area contributed by atoms with Gasteiger partial charge in [0.1, 0.15) is 0 Å². The number of benzene rings is 3. The van der Waals surface area contributed by atoms with Crippen LogP contribution >= 0.6 is 0 Å². The van der Waals surface area contributed by atoms with Gasteiger partial charge in [-0.05, 0) is 53.5 Å². The van der Waals surface area contributed by atoms with Crippen molar-refractivity contribution in [2.24, 2.45) is 11.8 Å². The van der Waals surface area contributed by atoms with Crippen LogP contribution in [0.3, 0.4) is 0 Å². The largest absolute Gasteiger partial charge is 0.490 e. The number of nitriles is 1. The molecule has 260 valence electrons. The third kappa shape index (κ3) is 13.1. The van der Waals surface area contributed by atoms with E-state index in [-0.39, 0.29) is 0 Å². The number of likely N-dealkylation sites (tertiary alicyclic amines) is 1. The average molecular weight is 689 g/mol. The number of nitrogens with zero attached hydrogens (tertiary/aromatic N) is 4. The first-order chi connectivity index (χ1) is 23.2. The van der Waals surface area contributed by atoms with Crippen LogP contribution in [0.4, 0.5) is 26.3 Å². The molecule has 1 aromatic heterocycles. The fourth-order valence-corrected chi connectivity index (χ4v) is 5.63. The van der Waals surface area contributed by atoms with Crippen LogP contribution in [0.5, 0.6) is 0 Å². The van der Waals surface area contributed by atoms with Crippen LogP contribution in [0.25, 0.3) is 0 Å². The van der Waals surface area contributed by atoms with Crippen molar-refractivity contribution in [3.63, 3.8) is 0 Å². The molecule has 1 saturated heterocycles. The zero-order valence-corrected chi connectivity index (χ0v) is 26.1. The molecule has 0 saturated carbocycles. The molecule has 1 unspecified atom stereocenters. The van der Waals surface area contributed by atoms with E-state index in [1.807, 2.05) is 24.7 Å². The first kappa shape index (κ1) is 38.3. The number of hydrogen-bond acceptors (Lipinski definition) is 5. The minimum absolute atomic E-state index is 0.347. The summed E-state index contributed by atoms with van der Waals surface area (Å²) in [6.07, 6.45) is -2.04. The molecule has 3 aromatic carbocycles. The molecule has 1 aliphatic heterocycles. The Morgan fingerprint density at radius 1 is 0.816 bits per heavy atom. The Morgan fingerprint density at radius 3 is 1.73 bits per heavy atom. The lowest BCUT2D eigenvalue weighted by Gasteiger charge is -2.40. The van der Waals surface area contributed by atoms with Crippen molar-refractivity contribution in [3.8, 4) is 6.07 Å². The molecule has 8 nitrogen and oxygen atoms in total. The molecular formula is C35H34F6N4O4. The van der Waals surface area contributed by atoms with Crippen LogP contribution < -0.4 is 0 Å². The summed E-state index contributed by atoms with van der Waals surface area (Å²) < 4.78 is 65.7. The highest BCUT2D eigenvalue weighted by molar-refractivity contribution is 5.73. The Labute approximate surface area is 278 Å². The number of aromatic nitrogens is 2. The molecule has 2 atom stereocenters. The van der Waals surface area contributed by atoms with E-state index in [1.165, 1.54) is 23.1 Å². The Kier molecular flexibility index (Phi) is 13.9. The topological polar surface area (TPSA) is 119 Å². The number of carbonyl (C=O) groups is 2. The Morgan fingerprint density at radius 2 is 1.31 bits per heavy atom. The minimum Gasteiger partial charge on any atom is -0.475 e. The standard InChI is InChI=1S/C31H32N4.2C2HF3O2/c32-19-26-13-11-25(12-14-26)17-27-18-28(21-34-16-15-33-24-34)22-35(20-27)23-31(29-7-3-1-4-8-29)30-9-5-2-6-10-30;2*3-2(4,5)1(6)7/h1-16,24,27-28,31H,17-18,20-23H2;2*(H,6,7)/t27?,28-;;/m1../s1. The summed E-state index contributed by atoms with van der Waals surface area (Å²) in [5.41, 5.74) is 4.80. The van der Waals surface area contributed by atoms with Crippen LogP contribution in [0, 0.1) is 23.2 Å². The quantitative estimate of drug-likeness (QED) is 0.191. The molecule has 0 radical (unpaired) electrons. The maximum Gasteiger partial charge on any atom is 0.490 e. The molecule has 0 bridgehead atoms. The number of carboxylic acid groups (broad SMARTS) is 2. The number of carboxylic acids is 2. The average Bonchev–Trinajstić information content (AvgIpc) is 3.57. The number of imidazole rings is 1. The molecule has 2 heterocycles. The van der Waals surface area contributed by atoms with Crippen molar-refractivity contribution in [2.45, 2.75) is 37.7 Å². The summed E-state index contributed by atoms with van der Waals surface area (Å²) >= 11 is 0. The van der Waals surface area contributed by atoms with Gasteiger partial charge in [0.25, 0.3) is 0 Å². The van der Waals surface area contributed by atoms with Crippen LogP contribution in [0.2, 0.25) is 0 Å². The normalized spacial score (nSPS) is 16.4. The number of rotatable bonds is 8. The molecule has 0 spiro atoms. The van der Waals surface area contributed by atoms with Crippen molar-refractivity contribution >= 4 is 11.9 Å². The zero-order chi connectivity index (χ0) is 36.0. The van der Waals surface area contributed by atoms with Crippen molar-refractivity contribution in [1.29, 1.82) is 5.26 Å². The molecule has 2 N–H and O–H groups in total. The first-order valence-electron chi connectivity index (χ1n) is 15.0. The number of halogens is 6. The minimum atomic E-state index is -5.08. The number of hydrogen-bond donors (Lipinski definition) is 2. The molecule has 1 fully saturated rings. The van der Waals surface area contributed by atoms with Crippen molar-refractivity contribution in [3.05, 3.63) is 126 Å². The monoisotopic (exact) mass is 688 g/mol. The SMILES string of the molecule is N#Cc1ccc(CC2C[C@H](Cn3ccnc3)CN(CC(c3ccccc3)c3ccccc3)C2)cc1.O=C(O)C(F)(F)F.O=C(O)C(F)(F)F. The Bertz CT molecular complexity index is 1560. The van der Waals surface area contributed by atoms with Crippen molar-refractivity contribution in [2.75, 3.05) is 19.6 Å². The highest BCUT2D eigenvalue weighted by Crippen LogP contribution is 2.31. The van der Waals surface area contributed by atoms with Gasteiger partial charge in [0.15, 0.2) is 0 Å². The molecule has 0 aliphatic carbocycles. The van der Waals surface area contributed by atoms with Gasteiger partial charge in [-0.15, -0.1) is 0 Å². The van der Waals surface area contributed by atoms with Gasteiger partial charge in [-0.25, -0.2) is 14.6 Å². The molecule has 49 heavy (non-hydrogen) atoms. The zero-order valence-electron chi connectivity index (χ0n) is 26.1. The lowest BCUT2D eigenvalue weighted by molar-refractivity contribution is -0.193.